The number of halogens is 1. The summed E-state index contributed by atoms with van der Waals surface area (Å²) in [4.78, 5) is 0. The zero-order chi connectivity index (χ0) is 24.6. The quantitative estimate of drug-likeness (QED) is 0.171. The van der Waals surface area contributed by atoms with E-state index in [0.29, 0.717) is 0 Å². The lowest BCUT2D eigenvalue weighted by Gasteiger charge is -2.30. The van der Waals surface area contributed by atoms with Crippen LogP contribution in [0, 0.1) is 10.2 Å². The fraction of sp³-hybridized carbons (Fsp3) is 1.00. The third-order valence-corrected chi connectivity index (χ3v) is 6.23. The van der Waals surface area contributed by atoms with E-state index in [9.17, 15) is 0 Å². The van der Waals surface area contributed by atoms with Crippen LogP contribution in [0.2, 0.25) is 0 Å². The van der Waals surface area contributed by atoms with Crippen LogP contribution in [-0.4, -0.2) is 31.7 Å². The second kappa shape index (κ2) is 24.2. The normalized spacial score (nSPS) is 12.0. The number of unbranched alkanes of at least 4 members (excludes halogenated alkanes) is 18. The van der Waals surface area contributed by atoms with Crippen molar-refractivity contribution >= 4 is 0 Å². The van der Waals surface area contributed by atoms with E-state index in [1.54, 1.807) is 0 Å². The van der Waals surface area contributed by atoms with E-state index < -0.39 is 10.2 Å². The molecule has 0 rings (SSSR count). The van der Waals surface area contributed by atoms with Gasteiger partial charge in [-0.15, -0.1) is 10.2 Å². The van der Waals surface area contributed by atoms with Crippen LogP contribution in [0.3, 0.4) is 0 Å². The summed E-state index contributed by atoms with van der Waals surface area (Å²) in [5.74, 6) is 0. The third-order valence-electron chi connectivity index (χ3n) is 6.23. The molecule has 0 fully saturated rings. The van der Waals surface area contributed by atoms with Gasteiger partial charge in [0.25, 0.3) is 0 Å². The van der Waals surface area contributed by atoms with Crippen molar-refractivity contribution in [3.05, 3.63) is 0 Å². The van der Waals surface area contributed by atoms with Crippen LogP contribution in [0.4, 0.5) is 0 Å². The summed E-state index contributed by atoms with van der Waals surface area (Å²) in [6, 6.07) is 0. The van der Waals surface area contributed by atoms with E-state index in [1.165, 1.54) is 146 Å². The maximum absolute atomic E-state index is 8.49. The van der Waals surface area contributed by atoms with Crippen LogP contribution in [0.5, 0.6) is 0 Å². The highest BCUT2D eigenvalue weighted by Crippen LogP contribution is 2.14. The molecule has 0 aliphatic rings. The van der Waals surface area contributed by atoms with Crippen molar-refractivity contribution in [3.63, 3.8) is 0 Å². The maximum Gasteiger partial charge on any atom is 0.0782 e. The van der Waals surface area contributed by atoms with Gasteiger partial charge in [-0.25, -0.2) is 18.6 Å². The van der Waals surface area contributed by atoms with Crippen LogP contribution in [0.1, 0.15) is 142 Å². The SMILES string of the molecule is CCCCCCCCCCCC[N+](C)(C)CCCCCCCCCCCC.[O-][Cl+3]([O-])([O-])[O-]. The van der Waals surface area contributed by atoms with E-state index in [2.05, 4.69) is 27.9 Å². The molecule has 0 aromatic heterocycles. The van der Waals surface area contributed by atoms with Gasteiger partial charge in [-0.2, -0.15) is 0 Å². The van der Waals surface area contributed by atoms with E-state index >= 15 is 0 Å². The summed E-state index contributed by atoms with van der Waals surface area (Å²) in [5.41, 5.74) is 0. The fourth-order valence-electron chi connectivity index (χ4n) is 4.17. The summed E-state index contributed by atoms with van der Waals surface area (Å²) >= 11 is 0. The van der Waals surface area contributed by atoms with Gasteiger partial charge in [0.15, 0.2) is 0 Å². The zero-order valence-electron chi connectivity index (χ0n) is 22.0. The first-order valence-electron chi connectivity index (χ1n) is 13.6. The maximum atomic E-state index is 8.49. The first kappa shape index (κ1) is 34.3. The van der Waals surface area contributed by atoms with Crippen molar-refractivity contribution in [1.82, 2.24) is 0 Å². The summed E-state index contributed by atoms with van der Waals surface area (Å²) in [6.07, 6.45) is 29.0. The lowest BCUT2D eigenvalue weighted by Crippen LogP contribution is -2.68. The van der Waals surface area contributed by atoms with Crippen LogP contribution in [-0.2, 0) is 0 Å². The largest absolute Gasteiger partial charge is 0.328 e. The summed E-state index contributed by atoms with van der Waals surface area (Å²) < 4.78 is 35.2. The first-order chi connectivity index (χ1) is 15.1. The van der Waals surface area contributed by atoms with E-state index in [1.807, 2.05) is 0 Å². The van der Waals surface area contributed by atoms with Gasteiger partial charge in [-0.1, -0.05) is 117 Å². The van der Waals surface area contributed by atoms with Crippen LogP contribution in [0.15, 0.2) is 0 Å². The number of nitrogens with zero attached hydrogens (tertiary/aromatic N) is 1. The molecule has 0 aliphatic carbocycles. The van der Waals surface area contributed by atoms with Crippen LogP contribution in [0.25, 0.3) is 0 Å². The molecule has 5 nitrogen and oxygen atoms in total. The van der Waals surface area contributed by atoms with Gasteiger partial charge in [0.2, 0.25) is 0 Å². The molecular formula is C26H56ClNO4. The van der Waals surface area contributed by atoms with Crippen LogP contribution < -0.4 is 18.6 Å². The third kappa shape index (κ3) is 37.4. The minimum Gasteiger partial charge on any atom is -0.328 e. The fourth-order valence-corrected chi connectivity index (χ4v) is 4.17. The molecule has 0 amide bonds. The molecule has 0 radical (unpaired) electrons. The Labute approximate surface area is 202 Å². The molecule has 32 heavy (non-hydrogen) atoms. The van der Waals surface area contributed by atoms with Crippen molar-refractivity contribution < 1.29 is 33.4 Å². The molecule has 0 atom stereocenters. The predicted molar refractivity (Wildman–Crippen MR) is 126 cm³/mol. The number of hydrogen-bond donors (Lipinski definition) is 0. The topological polar surface area (TPSA) is 92.2 Å². The van der Waals surface area contributed by atoms with Gasteiger partial charge >= 0.3 is 0 Å². The second-order valence-corrected chi connectivity index (χ2v) is 10.9. The molecule has 0 saturated carbocycles. The lowest BCUT2D eigenvalue weighted by atomic mass is 10.1. The van der Waals surface area contributed by atoms with Crippen molar-refractivity contribution in [3.8, 4) is 0 Å². The molecule has 0 spiro atoms. The van der Waals surface area contributed by atoms with Gasteiger partial charge in [0.1, 0.15) is 0 Å². The van der Waals surface area contributed by atoms with Gasteiger partial charge < -0.3 is 4.48 Å². The van der Waals surface area contributed by atoms with Crippen molar-refractivity contribution in [2.45, 2.75) is 142 Å². The summed E-state index contributed by atoms with van der Waals surface area (Å²) in [6.45, 7) is 7.37. The standard InChI is InChI=1S/C26H56N.ClHO4/c1-5-7-9-11-13-15-17-19-21-23-25-27(3,4)26-24-22-20-18-16-14-12-10-8-6-2;2-1(3,4)5/h5-26H2,1-4H3;(H,2,3,4,5)/q+1;/p-1. The predicted octanol–water partition coefficient (Wildman–Crippen LogP) is 4.15. The highest BCUT2D eigenvalue weighted by Gasteiger charge is 2.13. The zero-order valence-corrected chi connectivity index (χ0v) is 22.8. The molecule has 0 unspecified atom stereocenters. The molecule has 0 aromatic rings. The lowest BCUT2D eigenvalue weighted by molar-refractivity contribution is -2.00. The monoisotopic (exact) mass is 481 g/mol. The Morgan fingerprint density at radius 3 is 0.812 bits per heavy atom. The highest BCUT2D eigenvalue weighted by molar-refractivity contribution is 4.50. The average Bonchev–Trinajstić information content (AvgIpc) is 2.69. The van der Waals surface area contributed by atoms with Crippen molar-refractivity contribution in [2.24, 2.45) is 0 Å². The highest BCUT2D eigenvalue weighted by atomic mass is 35.7. The van der Waals surface area contributed by atoms with E-state index in [4.69, 9.17) is 18.6 Å². The van der Waals surface area contributed by atoms with E-state index in [0.717, 1.165) is 0 Å². The summed E-state index contributed by atoms with van der Waals surface area (Å²) in [7, 11) is -0.0527. The Kier molecular flexibility index (Phi) is 25.9. The molecule has 0 saturated heterocycles. The Morgan fingerprint density at radius 1 is 0.406 bits per heavy atom. The Hall–Kier alpha value is 0.0900. The second-order valence-electron chi connectivity index (χ2n) is 10.1. The molecule has 0 aromatic carbocycles. The minimum atomic E-state index is -4.94. The Balaban J connectivity index is 0. The minimum absolute atomic E-state index is 1.24. The summed E-state index contributed by atoms with van der Waals surface area (Å²) in [5, 5.41) is 0. The molecule has 6 heteroatoms. The van der Waals surface area contributed by atoms with Crippen molar-refractivity contribution in [2.75, 3.05) is 27.2 Å². The Bertz CT molecular complexity index is 330. The molecule has 196 valence electrons. The molecule has 0 heterocycles. The van der Waals surface area contributed by atoms with Gasteiger partial charge in [0.05, 0.1) is 27.2 Å². The molecule has 0 bridgehead atoms. The molecule has 0 N–H and O–H groups in total. The van der Waals surface area contributed by atoms with Crippen molar-refractivity contribution in [1.29, 1.82) is 0 Å². The molecular weight excluding hydrogens is 426 g/mol. The van der Waals surface area contributed by atoms with E-state index in [-0.39, 0.29) is 0 Å². The number of rotatable bonds is 22. The first-order valence-corrected chi connectivity index (χ1v) is 14.8. The van der Waals surface area contributed by atoms with Gasteiger partial charge in [-0.05, 0) is 25.7 Å². The average molecular weight is 482 g/mol. The molecule has 0 aliphatic heterocycles. The van der Waals surface area contributed by atoms with Crippen LogP contribution >= 0.6 is 0 Å². The number of hydrogen-bond acceptors (Lipinski definition) is 4. The number of quaternary nitrogens is 1. The Morgan fingerprint density at radius 2 is 0.594 bits per heavy atom. The smallest absolute Gasteiger partial charge is 0.0782 e. The van der Waals surface area contributed by atoms with Gasteiger partial charge in [-0.3, -0.25) is 0 Å². The van der Waals surface area contributed by atoms with Gasteiger partial charge in [0, 0.05) is 0 Å².